The zero-order valence-electron chi connectivity index (χ0n) is 11.9. The number of furan rings is 1. The van der Waals surface area contributed by atoms with E-state index in [0.717, 1.165) is 37.4 Å². The van der Waals surface area contributed by atoms with E-state index in [4.69, 9.17) is 4.42 Å². The molecule has 1 aliphatic rings. The van der Waals surface area contributed by atoms with Gasteiger partial charge in [-0.1, -0.05) is 0 Å². The highest BCUT2D eigenvalue weighted by Crippen LogP contribution is 2.14. The van der Waals surface area contributed by atoms with Gasteiger partial charge in [-0.2, -0.15) is 0 Å². The average Bonchev–Trinajstić information content (AvgIpc) is 3.07. The number of anilines is 1. The fraction of sp³-hybridized carbons (Fsp3) is 0.375. The van der Waals surface area contributed by atoms with E-state index >= 15 is 0 Å². The molecular formula is C16H19N3O2. The molecule has 3 rings (SSSR count). The predicted octanol–water partition coefficient (Wildman–Crippen LogP) is 2.91. The van der Waals surface area contributed by atoms with E-state index < -0.39 is 0 Å². The lowest BCUT2D eigenvalue weighted by atomic mass is 10.1. The Labute approximate surface area is 124 Å². The number of aromatic nitrogens is 1. The number of carbonyl (C=O) groups excluding carboxylic acids is 1. The van der Waals surface area contributed by atoms with Crippen molar-refractivity contribution in [2.45, 2.75) is 25.8 Å². The molecule has 0 aromatic carbocycles. The number of likely N-dealkylation sites (tertiary alicyclic amines) is 1. The van der Waals surface area contributed by atoms with E-state index in [1.54, 1.807) is 18.5 Å². The lowest BCUT2D eigenvalue weighted by Gasteiger charge is -2.26. The van der Waals surface area contributed by atoms with Crippen molar-refractivity contribution in [3.05, 3.63) is 48.2 Å². The van der Waals surface area contributed by atoms with Gasteiger partial charge in [0.05, 0.1) is 24.7 Å². The Morgan fingerprint density at radius 1 is 1.24 bits per heavy atom. The number of piperidine rings is 1. The molecule has 5 heteroatoms. The Kier molecular flexibility index (Phi) is 4.19. The van der Waals surface area contributed by atoms with Crippen molar-refractivity contribution in [1.82, 2.24) is 9.88 Å². The molecule has 2 aromatic rings. The summed E-state index contributed by atoms with van der Waals surface area (Å²) in [5, 5.41) is 3.21. The lowest BCUT2D eigenvalue weighted by Crippen LogP contribution is -2.36. The number of nitrogens with one attached hydrogen (secondary N) is 1. The first-order valence-corrected chi connectivity index (χ1v) is 7.34. The van der Waals surface area contributed by atoms with Crippen LogP contribution in [0.2, 0.25) is 0 Å². The molecule has 0 saturated carbocycles. The monoisotopic (exact) mass is 285 g/mol. The third kappa shape index (κ3) is 3.42. The van der Waals surface area contributed by atoms with Crippen LogP contribution in [-0.4, -0.2) is 28.9 Å². The highest BCUT2D eigenvalue weighted by molar-refractivity contribution is 5.92. The van der Waals surface area contributed by atoms with Crippen molar-refractivity contribution in [3.8, 4) is 0 Å². The fourth-order valence-corrected chi connectivity index (χ4v) is 2.49. The maximum Gasteiger partial charge on any atom is 0.272 e. The lowest BCUT2D eigenvalue weighted by molar-refractivity contribution is 0.0718. The van der Waals surface area contributed by atoms with Crippen LogP contribution in [0.15, 0.2) is 41.1 Å². The van der Waals surface area contributed by atoms with E-state index in [0.29, 0.717) is 12.2 Å². The molecule has 0 atom stereocenters. The minimum Gasteiger partial charge on any atom is -0.467 e. The zero-order chi connectivity index (χ0) is 14.5. The second-order valence-electron chi connectivity index (χ2n) is 5.22. The summed E-state index contributed by atoms with van der Waals surface area (Å²) in [5.41, 5.74) is 1.39. The zero-order valence-corrected chi connectivity index (χ0v) is 11.9. The van der Waals surface area contributed by atoms with Crippen LogP contribution in [0.25, 0.3) is 0 Å². The van der Waals surface area contributed by atoms with Crippen LogP contribution in [0, 0.1) is 0 Å². The molecule has 1 amide bonds. The van der Waals surface area contributed by atoms with Gasteiger partial charge in [0.1, 0.15) is 11.5 Å². The van der Waals surface area contributed by atoms with Gasteiger partial charge in [0, 0.05) is 13.1 Å². The van der Waals surface area contributed by atoms with Crippen LogP contribution in [0.3, 0.4) is 0 Å². The summed E-state index contributed by atoms with van der Waals surface area (Å²) in [4.78, 5) is 18.4. The first-order valence-electron chi connectivity index (χ1n) is 7.34. The van der Waals surface area contributed by atoms with Gasteiger partial charge in [-0.3, -0.25) is 4.79 Å². The first-order chi connectivity index (χ1) is 10.3. The van der Waals surface area contributed by atoms with Crippen LogP contribution >= 0.6 is 0 Å². The van der Waals surface area contributed by atoms with Crippen molar-refractivity contribution >= 4 is 11.6 Å². The minimum absolute atomic E-state index is 0.0345. The quantitative estimate of drug-likeness (QED) is 0.938. The highest BCUT2D eigenvalue weighted by atomic mass is 16.3. The summed E-state index contributed by atoms with van der Waals surface area (Å²) in [5.74, 6) is 0.899. The average molecular weight is 285 g/mol. The standard InChI is InChI=1S/C16H19N3O2/c20-16(19-8-2-1-3-9-19)15-7-6-13(11-18-15)17-12-14-5-4-10-21-14/h4-7,10-11,17H,1-3,8-9,12H2. The second-order valence-corrected chi connectivity index (χ2v) is 5.22. The van der Waals surface area contributed by atoms with Crippen LogP contribution in [0.4, 0.5) is 5.69 Å². The number of rotatable bonds is 4. The van der Waals surface area contributed by atoms with Crippen LogP contribution in [0.5, 0.6) is 0 Å². The van der Waals surface area contributed by atoms with Crippen molar-refractivity contribution < 1.29 is 9.21 Å². The molecule has 1 aliphatic heterocycles. The Hall–Kier alpha value is -2.30. The summed E-state index contributed by atoms with van der Waals surface area (Å²) in [6.45, 7) is 2.30. The maximum atomic E-state index is 12.3. The molecule has 1 fully saturated rings. The van der Waals surface area contributed by atoms with Crippen molar-refractivity contribution in [2.75, 3.05) is 18.4 Å². The molecule has 0 unspecified atom stereocenters. The summed E-state index contributed by atoms with van der Waals surface area (Å²) in [6.07, 6.45) is 6.74. The Balaban J connectivity index is 1.59. The van der Waals surface area contributed by atoms with E-state index in [9.17, 15) is 4.79 Å². The van der Waals surface area contributed by atoms with Gasteiger partial charge in [-0.25, -0.2) is 4.98 Å². The summed E-state index contributed by atoms with van der Waals surface area (Å²) >= 11 is 0. The smallest absolute Gasteiger partial charge is 0.272 e. The molecule has 1 saturated heterocycles. The molecular weight excluding hydrogens is 266 g/mol. The number of nitrogens with zero attached hydrogens (tertiary/aromatic N) is 2. The summed E-state index contributed by atoms with van der Waals surface area (Å²) < 4.78 is 5.25. The van der Waals surface area contributed by atoms with Gasteiger partial charge >= 0.3 is 0 Å². The normalized spacial score (nSPS) is 15.0. The molecule has 21 heavy (non-hydrogen) atoms. The number of pyridine rings is 1. The Morgan fingerprint density at radius 2 is 2.10 bits per heavy atom. The molecule has 110 valence electrons. The second kappa shape index (κ2) is 6.43. The largest absolute Gasteiger partial charge is 0.467 e. The number of hydrogen-bond donors (Lipinski definition) is 1. The number of amides is 1. The van der Waals surface area contributed by atoms with Crippen LogP contribution in [0.1, 0.15) is 35.5 Å². The number of hydrogen-bond acceptors (Lipinski definition) is 4. The van der Waals surface area contributed by atoms with E-state index in [-0.39, 0.29) is 5.91 Å². The molecule has 5 nitrogen and oxygen atoms in total. The summed E-state index contributed by atoms with van der Waals surface area (Å²) in [7, 11) is 0. The molecule has 3 heterocycles. The number of carbonyl (C=O) groups is 1. The molecule has 2 aromatic heterocycles. The van der Waals surface area contributed by atoms with E-state index in [1.807, 2.05) is 23.1 Å². The van der Waals surface area contributed by atoms with Gasteiger partial charge in [0.15, 0.2) is 0 Å². The van der Waals surface area contributed by atoms with E-state index in [1.165, 1.54) is 6.42 Å². The SMILES string of the molecule is O=C(c1ccc(NCc2ccco2)cn1)N1CCCCC1. The Bertz CT molecular complexity index is 572. The van der Waals surface area contributed by atoms with Gasteiger partial charge in [-0.05, 0) is 43.5 Å². The van der Waals surface area contributed by atoms with Crippen molar-refractivity contribution in [3.63, 3.8) is 0 Å². The molecule has 0 spiro atoms. The highest BCUT2D eigenvalue weighted by Gasteiger charge is 2.18. The fourth-order valence-electron chi connectivity index (χ4n) is 2.49. The first kappa shape index (κ1) is 13.7. The molecule has 0 bridgehead atoms. The molecule has 0 radical (unpaired) electrons. The van der Waals surface area contributed by atoms with Gasteiger partial charge in [0.2, 0.25) is 0 Å². The van der Waals surface area contributed by atoms with Gasteiger partial charge in [-0.15, -0.1) is 0 Å². The van der Waals surface area contributed by atoms with Crippen LogP contribution < -0.4 is 5.32 Å². The summed E-state index contributed by atoms with van der Waals surface area (Å²) in [6, 6.07) is 7.43. The maximum absolute atomic E-state index is 12.3. The molecule has 1 N–H and O–H groups in total. The van der Waals surface area contributed by atoms with Gasteiger partial charge < -0.3 is 14.6 Å². The van der Waals surface area contributed by atoms with Crippen molar-refractivity contribution in [1.29, 1.82) is 0 Å². The third-order valence-electron chi connectivity index (χ3n) is 3.67. The van der Waals surface area contributed by atoms with Crippen LogP contribution in [-0.2, 0) is 6.54 Å². The predicted molar refractivity (Wildman–Crippen MR) is 80.0 cm³/mol. The minimum atomic E-state index is 0.0345. The Morgan fingerprint density at radius 3 is 2.76 bits per heavy atom. The van der Waals surface area contributed by atoms with E-state index in [2.05, 4.69) is 10.3 Å². The molecule has 0 aliphatic carbocycles. The third-order valence-corrected chi connectivity index (χ3v) is 3.67. The van der Waals surface area contributed by atoms with Gasteiger partial charge in [0.25, 0.3) is 5.91 Å². The topological polar surface area (TPSA) is 58.4 Å². The van der Waals surface area contributed by atoms with Crippen molar-refractivity contribution in [2.24, 2.45) is 0 Å².